The maximum atomic E-state index is 10.4. The number of carboxylic acids is 1. The molecular weight excluding hydrogens is 360 g/mol. The number of aliphatic carboxylic acids is 1. The lowest BCUT2D eigenvalue weighted by Gasteiger charge is -2.02. The van der Waals surface area contributed by atoms with Crippen molar-refractivity contribution in [3.8, 4) is 0 Å². The number of aryl methyl sites for hydroxylation is 2. The average molecular weight is 407 g/mol. The monoisotopic (exact) mass is 406 g/mol. The van der Waals surface area contributed by atoms with Crippen molar-refractivity contribution < 1.29 is 14.3 Å². The van der Waals surface area contributed by atoms with E-state index in [9.17, 15) is 4.79 Å². The topological polar surface area (TPSA) is 50.4 Å². The van der Waals surface area contributed by atoms with Crippen molar-refractivity contribution >= 4 is 5.97 Å². The van der Waals surface area contributed by atoms with Crippen LogP contribution in [0.2, 0.25) is 0 Å². The Balaban J connectivity index is 1.87. The fraction of sp³-hybridized carbons (Fsp3) is 0.808. The molecule has 0 fully saturated rings. The van der Waals surface area contributed by atoms with E-state index in [4.69, 9.17) is 9.52 Å². The highest BCUT2D eigenvalue weighted by atomic mass is 16.4. The van der Waals surface area contributed by atoms with E-state index < -0.39 is 5.97 Å². The van der Waals surface area contributed by atoms with Gasteiger partial charge in [0.25, 0.3) is 0 Å². The summed E-state index contributed by atoms with van der Waals surface area (Å²) < 4.78 is 6.00. The van der Waals surface area contributed by atoms with Gasteiger partial charge in [-0.25, -0.2) is 0 Å². The molecule has 3 nitrogen and oxygen atoms in total. The molecule has 168 valence electrons. The van der Waals surface area contributed by atoms with Gasteiger partial charge in [-0.3, -0.25) is 4.79 Å². The summed E-state index contributed by atoms with van der Waals surface area (Å²) in [7, 11) is 0. The van der Waals surface area contributed by atoms with Crippen LogP contribution in [0.25, 0.3) is 0 Å². The van der Waals surface area contributed by atoms with Crippen LogP contribution in [-0.2, 0) is 17.6 Å². The van der Waals surface area contributed by atoms with Gasteiger partial charge in [0.1, 0.15) is 11.5 Å². The molecule has 29 heavy (non-hydrogen) atoms. The average Bonchev–Trinajstić information content (AvgIpc) is 3.15. The molecule has 1 aromatic heterocycles. The van der Waals surface area contributed by atoms with Gasteiger partial charge in [-0.15, -0.1) is 0 Å². The van der Waals surface area contributed by atoms with Crippen molar-refractivity contribution in [1.29, 1.82) is 0 Å². The minimum absolute atomic E-state index is 0.330. The van der Waals surface area contributed by atoms with E-state index in [2.05, 4.69) is 19.1 Å². The summed E-state index contributed by atoms with van der Waals surface area (Å²) in [6.07, 6.45) is 24.1. The van der Waals surface area contributed by atoms with E-state index in [1.54, 1.807) is 0 Å². The van der Waals surface area contributed by atoms with Crippen molar-refractivity contribution in [2.75, 3.05) is 0 Å². The summed E-state index contributed by atoms with van der Waals surface area (Å²) in [5.41, 5.74) is 0. The second-order valence-electron chi connectivity index (χ2n) is 8.67. The first-order valence-corrected chi connectivity index (χ1v) is 12.5. The molecule has 0 aliphatic rings. The Kier molecular flexibility index (Phi) is 16.7. The van der Waals surface area contributed by atoms with Crippen LogP contribution in [0.5, 0.6) is 0 Å². The van der Waals surface area contributed by atoms with Crippen LogP contribution in [-0.4, -0.2) is 11.1 Å². The van der Waals surface area contributed by atoms with E-state index >= 15 is 0 Å². The highest BCUT2D eigenvalue weighted by Crippen LogP contribution is 2.17. The molecular formula is C26H46O3. The lowest BCUT2D eigenvalue weighted by molar-refractivity contribution is -0.137. The molecule has 0 saturated carbocycles. The summed E-state index contributed by atoms with van der Waals surface area (Å²) in [5, 5.41) is 8.60. The molecule has 0 aliphatic carbocycles. The van der Waals surface area contributed by atoms with Gasteiger partial charge < -0.3 is 9.52 Å². The van der Waals surface area contributed by atoms with Crippen molar-refractivity contribution in [2.24, 2.45) is 0 Å². The normalized spacial score (nSPS) is 11.2. The van der Waals surface area contributed by atoms with E-state index in [0.29, 0.717) is 6.42 Å². The number of carbonyl (C=O) groups is 1. The standard InChI is InChI=1S/C26H46O3/c1-2-3-4-5-10-13-16-19-24-22-23-25(29-24)20-17-14-11-8-6-7-9-12-15-18-21-26(27)28/h22-23H,2-21H2,1H3,(H,27,28). The zero-order valence-corrected chi connectivity index (χ0v) is 19.1. The zero-order valence-electron chi connectivity index (χ0n) is 19.1. The molecule has 0 amide bonds. The molecule has 0 spiro atoms. The van der Waals surface area contributed by atoms with Crippen LogP contribution in [0, 0.1) is 0 Å². The summed E-state index contributed by atoms with van der Waals surface area (Å²) in [4.78, 5) is 10.4. The summed E-state index contributed by atoms with van der Waals surface area (Å²) >= 11 is 0. The van der Waals surface area contributed by atoms with Crippen LogP contribution >= 0.6 is 0 Å². The molecule has 0 unspecified atom stereocenters. The van der Waals surface area contributed by atoms with Gasteiger partial charge in [0, 0.05) is 19.3 Å². The number of hydrogen-bond acceptors (Lipinski definition) is 2. The Labute approximate surface area is 179 Å². The second-order valence-corrected chi connectivity index (χ2v) is 8.67. The van der Waals surface area contributed by atoms with Crippen LogP contribution in [0.3, 0.4) is 0 Å². The zero-order chi connectivity index (χ0) is 21.0. The minimum atomic E-state index is -0.663. The SMILES string of the molecule is CCCCCCCCCc1ccc(CCCCCCCCCCCCC(=O)O)o1. The maximum absolute atomic E-state index is 10.4. The smallest absolute Gasteiger partial charge is 0.303 e. The largest absolute Gasteiger partial charge is 0.481 e. The third-order valence-corrected chi connectivity index (χ3v) is 5.81. The third kappa shape index (κ3) is 16.3. The van der Waals surface area contributed by atoms with Gasteiger partial charge in [0.2, 0.25) is 0 Å². The third-order valence-electron chi connectivity index (χ3n) is 5.81. The molecule has 0 atom stereocenters. The Bertz CT molecular complexity index is 492. The molecule has 1 N–H and O–H groups in total. The predicted octanol–water partition coefficient (Wildman–Crippen LogP) is 8.49. The Hall–Kier alpha value is -1.25. The van der Waals surface area contributed by atoms with Gasteiger partial charge >= 0.3 is 5.97 Å². The number of rotatable bonds is 21. The molecule has 0 saturated heterocycles. The summed E-state index contributed by atoms with van der Waals surface area (Å²) in [6.45, 7) is 2.27. The lowest BCUT2D eigenvalue weighted by Crippen LogP contribution is -1.93. The van der Waals surface area contributed by atoms with E-state index in [-0.39, 0.29) is 0 Å². The molecule has 3 heteroatoms. The Morgan fingerprint density at radius 2 is 1.03 bits per heavy atom. The van der Waals surface area contributed by atoms with Crippen LogP contribution in [0.1, 0.15) is 134 Å². The fourth-order valence-corrected chi connectivity index (χ4v) is 3.94. The van der Waals surface area contributed by atoms with Gasteiger partial charge in [-0.2, -0.15) is 0 Å². The summed E-state index contributed by atoms with van der Waals surface area (Å²) in [6, 6.07) is 4.36. The van der Waals surface area contributed by atoms with Crippen molar-refractivity contribution in [1.82, 2.24) is 0 Å². The highest BCUT2D eigenvalue weighted by molar-refractivity contribution is 5.66. The fourth-order valence-electron chi connectivity index (χ4n) is 3.94. The highest BCUT2D eigenvalue weighted by Gasteiger charge is 2.03. The first kappa shape index (κ1) is 25.8. The Morgan fingerprint density at radius 3 is 1.45 bits per heavy atom. The molecule has 0 aromatic carbocycles. The number of hydrogen-bond donors (Lipinski definition) is 1. The van der Waals surface area contributed by atoms with Gasteiger partial charge in [-0.05, 0) is 31.4 Å². The van der Waals surface area contributed by atoms with Crippen molar-refractivity contribution in [3.05, 3.63) is 23.7 Å². The molecule has 0 radical (unpaired) electrons. The van der Waals surface area contributed by atoms with Gasteiger partial charge in [0.05, 0.1) is 0 Å². The quantitative estimate of drug-likeness (QED) is 0.208. The minimum Gasteiger partial charge on any atom is -0.481 e. The van der Waals surface area contributed by atoms with Crippen LogP contribution in [0.15, 0.2) is 16.5 Å². The molecule has 0 aliphatic heterocycles. The predicted molar refractivity (Wildman–Crippen MR) is 123 cm³/mol. The van der Waals surface area contributed by atoms with Crippen LogP contribution in [0.4, 0.5) is 0 Å². The van der Waals surface area contributed by atoms with E-state index in [0.717, 1.165) is 25.7 Å². The Morgan fingerprint density at radius 1 is 0.655 bits per heavy atom. The first-order valence-electron chi connectivity index (χ1n) is 12.5. The molecule has 1 aromatic rings. The molecule has 1 rings (SSSR count). The lowest BCUT2D eigenvalue weighted by atomic mass is 10.0. The molecule has 1 heterocycles. The maximum Gasteiger partial charge on any atom is 0.303 e. The number of unbranched alkanes of at least 4 members (excludes halogenated alkanes) is 15. The first-order chi connectivity index (χ1) is 14.2. The van der Waals surface area contributed by atoms with E-state index in [1.165, 1.54) is 108 Å². The second kappa shape index (κ2) is 18.8. The van der Waals surface area contributed by atoms with Gasteiger partial charge in [0.15, 0.2) is 0 Å². The van der Waals surface area contributed by atoms with Crippen LogP contribution < -0.4 is 0 Å². The van der Waals surface area contributed by atoms with E-state index in [1.807, 2.05) is 0 Å². The number of furan rings is 1. The van der Waals surface area contributed by atoms with Crippen molar-refractivity contribution in [2.45, 2.75) is 135 Å². The number of carboxylic acid groups (broad SMARTS) is 1. The van der Waals surface area contributed by atoms with Crippen molar-refractivity contribution in [3.63, 3.8) is 0 Å². The van der Waals surface area contributed by atoms with Gasteiger partial charge in [-0.1, -0.05) is 96.8 Å². The molecule has 0 bridgehead atoms. The summed E-state index contributed by atoms with van der Waals surface area (Å²) in [5.74, 6) is 1.69.